The molecule has 5 heteroatoms. The monoisotopic (exact) mass is 330 g/mol. The third-order valence-corrected chi connectivity index (χ3v) is 4.16. The molecular formula is C19H16F2O3. The number of fused-ring (bicyclic) bond motifs is 3. The fourth-order valence-electron chi connectivity index (χ4n) is 3.02. The highest BCUT2D eigenvalue weighted by molar-refractivity contribution is 6.06. The Morgan fingerprint density at radius 3 is 2.29 bits per heavy atom. The van der Waals surface area contributed by atoms with E-state index in [4.69, 9.17) is 13.9 Å². The average Bonchev–Trinajstić information content (AvgIpc) is 3.21. The van der Waals surface area contributed by atoms with Crippen molar-refractivity contribution in [3.63, 3.8) is 0 Å². The van der Waals surface area contributed by atoms with Crippen LogP contribution < -0.4 is 9.47 Å². The van der Waals surface area contributed by atoms with E-state index in [0.29, 0.717) is 17.4 Å². The minimum Gasteiger partial charge on any atom is -0.491 e. The van der Waals surface area contributed by atoms with Gasteiger partial charge in [-0.1, -0.05) is 0 Å². The molecule has 0 saturated carbocycles. The van der Waals surface area contributed by atoms with Gasteiger partial charge in [-0.3, -0.25) is 0 Å². The summed E-state index contributed by atoms with van der Waals surface area (Å²) in [5.41, 5.74) is -0.0132. The summed E-state index contributed by atoms with van der Waals surface area (Å²) in [6.07, 6.45) is 4.70. The third kappa shape index (κ3) is 2.31. The number of benzene rings is 2. The molecule has 3 nitrogen and oxygen atoms in total. The highest BCUT2D eigenvalue weighted by Crippen LogP contribution is 2.38. The lowest BCUT2D eigenvalue weighted by atomic mass is 10.1. The number of allylic oxidation sites excluding steroid dienone is 2. The van der Waals surface area contributed by atoms with Crippen LogP contribution in [0.4, 0.5) is 8.78 Å². The zero-order chi connectivity index (χ0) is 16.7. The Labute approximate surface area is 137 Å². The molecule has 24 heavy (non-hydrogen) atoms. The highest BCUT2D eigenvalue weighted by atomic mass is 19.1. The van der Waals surface area contributed by atoms with Gasteiger partial charge in [0.05, 0.1) is 6.61 Å². The Morgan fingerprint density at radius 2 is 1.67 bits per heavy atom. The predicted molar refractivity (Wildman–Crippen MR) is 87.4 cm³/mol. The van der Waals surface area contributed by atoms with E-state index in [0.717, 1.165) is 25.0 Å². The second-order valence-corrected chi connectivity index (χ2v) is 5.71. The summed E-state index contributed by atoms with van der Waals surface area (Å²) in [4.78, 5) is 0. The lowest BCUT2D eigenvalue weighted by Gasteiger charge is -2.07. The van der Waals surface area contributed by atoms with E-state index >= 15 is 0 Å². The lowest BCUT2D eigenvalue weighted by Crippen LogP contribution is -1.94. The SMILES string of the molecule is CCOc1ccc2c(oc3c(F)c(OC4=CCCC4)ccc32)c1F. The van der Waals surface area contributed by atoms with Gasteiger partial charge in [-0.05, 0) is 50.1 Å². The highest BCUT2D eigenvalue weighted by Gasteiger charge is 2.20. The van der Waals surface area contributed by atoms with Gasteiger partial charge in [0.15, 0.2) is 22.7 Å². The summed E-state index contributed by atoms with van der Waals surface area (Å²) in [7, 11) is 0. The Balaban J connectivity index is 1.85. The van der Waals surface area contributed by atoms with Gasteiger partial charge >= 0.3 is 0 Å². The summed E-state index contributed by atoms with van der Waals surface area (Å²) in [6, 6.07) is 6.45. The van der Waals surface area contributed by atoms with Gasteiger partial charge in [-0.15, -0.1) is 0 Å². The minimum atomic E-state index is -0.620. The van der Waals surface area contributed by atoms with Crippen LogP contribution in [0.1, 0.15) is 26.2 Å². The first kappa shape index (κ1) is 15.0. The predicted octanol–water partition coefficient (Wildman–Crippen LogP) is 5.71. The van der Waals surface area contributed by atoms with Crippen molar-refractivity contribution >= 4 is 21.9 Å². The fraction of sp³-hybridized carbons (Fsp3) is 0.263. The van der Waals surface area contributed by atoms with Crippen LogP contribution in [-0.4, -0.2) is 6.61 Å². The molecule has 0 atom stereocenters. The van der Waals surface area contributed by atoms with Gasteiger partial charge in [-0.25, -0.2) is 0 Å². The normalized spacial score (nSPS) is 14.4. The maximum atomic E-state index is 14.7. The Morgan fingerprint density at radius 1 is 1.00 bits per heavy atom. The van der Waals surface area contributed by atoms with Gasteiger partial charge in [0.2, 0.25) is 11.6 Å². The zero-order valence-corrected chi connectivity index (χ0v) is 13.2. The topological polar surface area (TPSA) is 31.6 Å². The number of furan rings is 1. The molecule has 0 amide bonds. The Kier molecular flexibility index (Phi) is 3.63. The molecule has 0 N–H and O–H groups in total. The molecule has 2 aromatic carbocycles. The van der Waals surface area contributed by atoms with E-state index in [9.17, 15) is 8.78 Å². The molecule has 0 unspecified atom stereocenters. The van der Waals surface area contributed by atoms with Gasteiger partial charge < -0.3 is 13.9 Å². The van der Waals surface area contributed by atoms with Crippen molar-refractivity contribution in [3.05, 3.63) is 47.7 Å². The van der Waals surface area contributed by atoms with E-state index in [2.05, 4.69) is 0 Å². The van der Waals surface area contributed by atoms with Crippen molar-refractivity contribution in [2.45, 2.75) is 26.2 Å². The van der Waals surface area contributed by atoms with Gasteiger partial charge in [0.1, 0.15) is 5.76 Å². The van der Waals surface area contributed by atoms with E-state index in [-0.39, 0.29) is 22.7 Å². The quantitative estimate of drug-likeness (QED) is 0.614. The lowest BCUT2D eigenvalue weighted by molar-refractivity contribution is 0.321. The number of hydrogen-bond donors (Lipinski definition) is 0. The molecule has 1 aromatic heterocycles. The van der Waals surface area contributed by atoms with Gasteiger partial charge in [0.25, 0.3) is 0 Å². The van der Waals surface area contributed by atoms with Gasteiger partial charge in [-0.2, -0.15) is 8.78 Å². The van der Waals surface area contributed by atoms with Crippen molar-refractivity contribution < 1.29 is 22.7 Å². The summed E-state index contributed by atoms with van der Waals surface area (Å²) in [6.45, 7) is 2.10. The second kappa shape index (κ2) is 5.82. The maximum Gasteiger partial charge on any atom is 0.208 e. The maximum absolute atomic E-state index is 14.7. The first-order chi connectivity index (χ1) is 11.7. The van der Waals surface area contributed by atoms with Crippen LogP contribution in [0.15, 0.2) is 40.5 Å². The van der Waals surface area contributed by atoms with Crippen LogP contribution >= 0.6 is 0 Å². The van der Waals surface area contributed by atoms with Crippen LogP contribution in [0.2, 0.25) is 0 Å². The van der Waals surface area contributed by atoms with Gasteiger partial charge in [0, 0.05) is 17.2 Å². The molecular weight excluding hydrogens is 314 g/mol. The van der Waals surface area contributed by atoms with E-state index < -0.39 is 11.6 Å². The second-order valence-electron chi connectivity index (χ2n) is 5.71. The molecule has 0 radical (unpaired) electrons. The van der Waals surface area contributed by atoms with E-state index in [1.54, 1.807) is 25.1 Å². The first-order valence-electron chi connectivity index (χ1n) is 8.02. The molecule has 0 fully saturated rings. The van der Waals surface area contributed by atoms with Crippen LogP contribution in [0, 0.1) is 11.6 Å². The molecule has 0 aliphatic heterocycles. The van der Waals surface area contributed by atoms with Crippen molar-refractivity contribution in [2.24, 2.45) is 0 Å². The molecule has 1 aliphatic rings. The summed E-state index contributed by atoms with van der Waals surface area (Å²) in [5, 5.41) is 1.02. The average molecular weight is 330 g/mol. The molecule has 124 valence electrons. The minimum absolute atomic E-state index is 0.00588. The van der Waals surface area contributed by atoms with E-state index in [1.807, 2.05) is 6.08 Å². The Bertz CT molecular complexity index is 956. The van der Waals surface area contributed by atoms with Crippen LogP contribution in [-0.2, 0) is 0 Å². The number of halogens is 2. The first-order valence-corrected chi connectivity index (χ1v) is 8.02. The summed E-state index contributed by atoms with van der Waals surface area (Å²) >= 11 is 0. The number of ether oxygens (including phenoxy) is 2. The largest absolute Gasteiger partial charge is 0.491 e. The summed E-state index contributed by atoms with van der Waals surface area (Å²) < 4.78 is 45.5. The standard InChI is InChI=1S/C19H16F2O3/c1-2-22-14-9-7-12-13-8-10-15(23-11-5-3-4-6-11)17(21)19(13)24-18(12)16(14)20/h5,7-10H,2-4,6H2,1H3. The smallest absolute Gasteiger partial charge is 0.208 e. The van der Waals surface area contributed by atoms with Crippen molar-refractivity contribution in [1.29, 1.82) is 0 Å². The fourth-order valence-corrected chi connectivity index (χ4v) is 3.02. The molecule has 0 saturated heterocycles. The molecule has 1 aliphatic carbocycles. The number of hydrogen-bond acceptors (Lipinski definition) is 3. The van der Waals surface area contributed by atoms with Crippen LogP contribution in [0.3, 0.4) is 0 Å². The molecule has 0 bridgehead atoms. The van der Waals surface area contributed by atoms with Crippen molar-refractivity contribution in [1.82, 2.24) is 0 Å². The molecule has 0 spiro atoms. The number of rotatable bonds is 4. The van der Waals surface area contributed by atoms with Crippen molar-refractivity contribution in [2.75, 3.05) is 6.61 Å². The van der Waals surface area contributed by atoms with Crippen molar-refractivity contribution in [3.8, 4) is 11.5 Å². The van der Waals surface area contributed by atoms with E-state index in [1.165, 1.54) is 6.07 Å². The zero-order valence-electron chi connectivity index (χ0n) is 13.2. The molecule has 3 aromatic rings. The molecule has 1 heterocycles. The van der Waals surface area contributed by atoms with Crippen LogP contribution in [0.25, 0.3) is 21.9 Å². The third-order valence-electron chi connectivity index (χ3n) is 4.16. The summed E-state index contributed by atoms with van der Waals surface area (Å²) in [5.74, 6) is -0.286. The molecule has 4 rings (SSSR count). The Hall–Kier alpha value is -2.56. The van der Waals surface area contributed by atoms with Crippen LogP contribution in [0.5, 0.6) is 11.5 Å².